The second kappa shape index (κ2) is 8.00. The SMILES string of the molecule is Cc1cnc(C(=O)N[C@@H]2CO[C@H](Cn3cc(C)c(=O)[nH]c3=O)[C@@H](O)[C@H]2O)cn1. The summed E-state index contributed by atoms with van der Waals surface area (Å²) in [4.78, 5) is 45.6. The minimum absolute atomic E-state index is 0.0707. The van der Waals surface area contributed by atoms with Crippen molar-refractivity contribution in [2.45, 2.75) is 44.7 Å². The number of carbonyl (C=O) groups excluding carboxylic acids is 1. The highest BCUT2D eigenvalue weighted by molar-refractivity contribution is 5.92. The largest absolute Gasteiger partial charge is 0.388 e. The van der Waals surface area contributed by atoms with E-state index in [1.54, 1.807) is 13.8 Å². The van der Waals surface area contributed by atoms with Gasteiger partial charge in [0.05, 0.1) is 31.1 Å². The Morgan fingerprint density at radius 3 is 2.71 bits per heavy atom. The van der Waals surface area contributed by atoms with Gasteiger partial charge in [-0.25, -0.2) is 9.78 Å². The number of aryl methyl sites for hydroxylation is 2. The molecule has 0 aromatic carbocycles. The topological polar surface area (TPSA) is 159 Å². The van der Waals surface area contributed by atoms with Crippen molar-refractivity contribution in [3.05, 3.63) is 56.4 Å². The predicted octanol–water partition coefficient (Wildman–Crippen LogP) is -2.14. The molecule has 1 fully saturated rings. The third-order valence-corrected chi connectivity index (χ3v) is 4.53. The first-order chi connectivity index (χ1) is 13.3. The van der Waals surface area contributed by atoms with E-state index in [2.05, 4.69) is 20.3 Å². The Morgan fingerprint density at radius 1 is 1.29 bits per heavy atom. The third kappa shape index (κ3) is 4.16. The van der Waals surface area contributed by atoms with Crippen molar-refractivity contribution < 1.29 is 19.7 Å². The van der Waals surface area contributed by atoms with Gasteiger partial charge in [-0.2, -0.15) is 0 Å². The maximum absolute atomic E-state index is 12.2. The number of hydrogen-bond acceptors (Lipinski definition) is 8. The van der Waals surface area contributed by atoms with E-state index in [0.29, 0.717) is 11.3 Å². The summed E-state index contributed by atoms with van der Waals surface area (Å²) < 4.78 is 6.74. The van der Waals surface area contributed by atoms with Gasteiger partial charge in [-0.15, -0.1) is 0 Å². The number of H-pyrrole nitrogens is 1. The molecule has 1 aliphatic heterocycles. The highest BCUT2D eigenvalue weighted by Crippen LogP contribution is 2.17. The number of hydrogen-bond donors (Lipinski definition) is 4. The second-order valence-corrected chi connectivity index (χ2v) is 6.70. The molecule has 1 amide bonds. The van der Waals surface area contributed by atoms with Crippen LogP contribution in [0, 0.1) is 13.8 Å². The lowest BCUT2D eigenvalue weighted by Crippen LogP contribution is -2.60. The lowest BCUT2D eigenvalue weighted by molar-refractivity contribution is -0.152. The first kappa shape index (κ1) is 19.9. The van der Waals surface area contributed by atoms with Crippen LogP contribution in [0.15, 0.2) is 28.2 Å². The van der Waals surface area contributed by atoms with Gasteiger partial charge in [0.15, 0.2) is 0 Å². The molecule has 0 saturated carbocycles. The van der Waals surface area contributed by atoms with Crippen molar-refractivity contribution in [2.75, 3.05) is 6.61 Å². The molecule has 28 heavy (non-hydrogen) atoms. The van der Waals surface area contributed by atoms with E-state index >= 15 is 0 Å². The Bertz CT molecular complexity index is 969. The number of ether oxygens (including phenoxy) is 1. The van der Waals surface area contributed by atoms with Gasteiger partial charge in [0.25, 0.3) is 11.5 Å². The fourth-order valence-corrected chi connectivity index (χ4v) is 2.87. The Kier molecular flexibility index (Phi) is 5.68. The summed E-state index contributed by atoms with van der Waals surface area (Å²) in [6, 6.07) is -0.865. The molecule has 2 aromatic rings. The number of nitrogens with one attached hydrogen (secondary N) is 2. The molecule has 0 spiro atoms. The fourth-order valence-electron chi connectivity index (χ4n) is 2.87. The zero-order valence-electron chi connectivity index (χ0n) is 15.3. The molecule has 1 saturated heterocycles. The summed E-state index contributed by atoms with van der Waals surface area (Å²) in [5.41, 5.74) is -0.0781. The molecule has 2 aromatic heterocycles. The van der Waals surface area contributed by atoms with Gasteiger partial charge in [-0.3, -0.25) is 24.1 Å². The van der Waals surface area contributed by atoms with E-state index < -0.39 is 41.5 Å². The minimum atomic E-state index is -1.36. The van der Waals surface area contributed by atoms with Crippen molar-refractivity contribution in [3.63, 3.8) is 0 Å². The van der Waals surface area contributed by atoms with Crippen molar-refractivity contribution in [1.82, 2.24) is 24.8 Å². The van der Waals surface area contributed by atoms with E-state index in [1.165, 1.54) is 23.2 Å². The molecule has 4 atom stereocenters. The molecule has 3 heterocycles. The monoisotopic (exact) mass is 391 g/mol. The second-order valence-electron chi connectivity index (χ2n) is 6.70. The van der Waals surface area contributed by atoms with Crippen LogP contribution in [0.1, 0.15) is 21.7 Å². The number of rotatable bonds is 4. The zero-order valence-corrected chi connectivity index (χ0v) is 15.3. The highest BCUT2D eigenvalue weighted by Gasteiger charge is 2.39. The van der Waals surface area contributed by atoms with E-state index in [-0.39, 0.29) is 18.8 Å². The molecule has 0 unspecified atom stereocenters. The summed E-state index contributed by atoms with van der Waals surface area (Å²) in [5.74, 6) is -0.557. The van der Waals surface area contributed by atoms with Crippen LogP contribution in [0.3, 0.4) is 0 Å². The molecular formula is C17H21N5O6. The standard InChI is InChI=1S/C17H21N5O6/c1-8-5-22(17(27)21-15(8)25)6-12-14(24)13(23)11(7-28-12)20-16(26)10-4-18-9(2)3-19-10/h3-5,11-14,23-24H,6-7H2,1-2H3,(H,20,26)(H,21,25,27)/t11-,12-,13+,14-/m1/s1. The summed E-state index contributed by atoms with van der Waals surface area (Å²) >= 11 is 0. The van der Waals surface area contributed by atoms with Crippen molar-refractivity contribution in [1.29, 1.82) is 0 Å². The van der Waals surface area contributed by atoms with E-state index in [1.807, 2.05) is 0 Å². The van der Waals surface area contributed by atoms with Gasteiger partial charge in [0.1, 0.15) is 24.0 Å². The van der Waals surface area contributed by atoms with E-state index in [4.69, 9.17) is 4.74 Å². The number of aliphatic hydroxyl groups is 2. The number of nitrogens with zero attached hydrogens (tertiary/aromatic N) is 3. The third-order valence-electron chi connectivity index (χ3n) is 4.53. The number of aromatic amines is 1. The van der Waals surface area contributed by atoms with Gasteiger partial charge in [0, 0.05) is 18.0 Å². The zero-order chi connectivity index (χ0) is 20.4. The molecule has 11 nitrogen and oxygen atoms in total. The summed E-state index contributed by atoms with van der Waals surface area (Å²) in [6.45, 7) is 3.13. The Labute approximate surface area is 159 Å². The quantitative estimate of drug-likeness (QED) is 0.459. The molecular weight excluding hydrogens is 370 g/mol. The van der Waals surface area contributed by atoms with Crippen molar-refractivity contribution in [2.24, 2.45) is 0 Å². The molecule has 0 bridgehead atoms. The lowest BCUT2D eigenvalue weighted by Gasteiger charge is -2.38. The van der Waals surface area contributed by atoms with Crippen LogP contribution < -0.4 is 16.6 Å². The number of aliphatic hydroxyl groups excluding tert-OH is 2. The fraction of sp³-hybridized carbons (Fsp3) is 0.471. The number of aromatic nitrogens is 4. The maximum atomic E-state index is 12.2. The Hall–Kier alpha value is -2.89. The summed E-state index contributed by atoms with van der Waals surface area (Å²) in [6.07, 6.45) is 0.531. The highest BCUT2D eigenvalue weighted by atomic mass is 16.5. The van der Waals surface area contributed by atoms with Crippen LogP contribution in [0.2, 0.25) is 0 Å². The molecule has 0 aliphatic carbocycles. The molecule has 0 radical (unpaired) electrons. The maximum Gasteiger partial charge on any atom is 0.328 e. The number of amides is 1. The van der Waals surface area contributed by atoms with E-state index in [9.17, 15) is 24.6 Å². The number of carbonyl (C=O) groups is 1. The molecule has 150 valence electrons. The van der Waals surface area contributed by atoms with Gasteiger partial charge in [-0.05, 0) is 13.8 Å². The predicted molar refractivity (Wildman–Crippen MR) is 95.8 cm³/mol. The molecule has 4 N–H and O–H groups in total. The van der Waals surface area contributed by atoms with Crippen molar-refractivity contribution >= 4 is 5.91 Å². The van der Waals surface area contributed by atoms with Crippen molar-refractivity contribution in [3.8, 4) is 0 Å². The molecule has 1 aliphatic rings. The average Bonchev–Trinajstić information content (AvgIpc) is 2.66. The summed E-state index contributed by atoms with van der Waals surface area (Å²) in [5, 5.41) is 23.3. The van der Waals surface area contributed by atoms with Gasteiger partial charge in [-0.1, -0.05) is 0 Å². The first-order valence-electron chi connectivity index (χ1n) is 8.64. The smallest absolute Gasteiger partial charge is 0.328 e. The Morgan fingerprint density at radius 2 is 2.04 bits per heavy atom. The van der Waals surface area contributed by atoms with E-state index in [0.717, 1.165) is 0 Å². The van der Waals surface area contributed by atoms with Crippen LogP contribution in [0.4, 0.5) is 0 Å². The Balaban J connectivity index is 1.66. The van der Waals surface area contributed by atoms with Gasteiger partial charge < -0.3 is 20.3 Å². The molecule has 11 heteroatoms. The van der Waals surface area contributed by atoms with Crippen LogP contribution in [0.25, 0.3) is 0 Å². The van der Waals surface area contributed by atoms with Gasteiger partial charge >= 0.3 is 5.69 Å². The van der Waals surface area contributed by atoms with Crippen LogP contribution in [0.5, 0.6) is 0 Å². The first-order valence-corrected chi connectivity index (χ1v) is 8.64. The van der Waals surface area contributed by atoms with Gasteiger partial charge in [0.2, 0.25) is 0 Å². The molecule has 3 rings (SSSR count). The summed E-state index contributed by atoms with van der Waals surface area (Å²) in [7, 11) is 0. The average molecular weight is 391 g/mol. The normalized spacial score (nSPS) is 24.7. The van der Waals surface area contributed by atoms with Crippen LogP contribution in [-0.4, -0.2) is 66.6 Å². The minimum Gasteiger partial charge on any atom is -0.388 e. The lowest BCUT2D eigenvalue weighted by atomic mass is 9.97. The van der Waals surface area contributed by atoms with Crippen LogP contribution >= 0.6 is 0 Å². The van der Waals surface area contributed by atoms with Crippen LogP contribution in [-0.2, 0) is 11.3 Å².